The third-order valence-electron chi connectivity index (χ3n) is 7.70. The first-order chi connectivity index (χ1) is 18.7. The highest BCUT2D eigenvalue weighted by molar-refractivity contribution is 5.91. The first kappa shape index (κ1) is 24.5. The Morgan fingerprint density at radius 2 is 1.53 bits per heavy atom. The number of rotatable bonds is 6. The van der Waals surface area contributed by atoms with Gasteiger partial charge in [0.05, 0.1) is 24.6 Å². The number of carboxylic acids is 1. The lowest BCUT2D eigenvalue weighted by Crippen LogP contribution is -2.37. The maximum absolute atomic E-state index is 11.4. The van der Waals surface area contributed by atoms with Crippen LogP contribution in [0.1, 0.15) is 18.4 Å². The number of hydrogen-bond acceptors (Lipinski definition) is 6. The van der Waals surface area contributed by atoms with Gasteiger partial charge in [-0.15, -0.1) is 0 Å². The van der Waals surface area contributed by atoms with Gasteiger partial charge in [0, 0.05) is 43.7 Å². The summed E-state index contributed by atoms with van der Waals surface area (Å²) < 4.78 is 5.52. The second kappa shape index (κ2) is 10.9. The molecule has 2 aliphatic heterocycles. The Morgan fingerprint density at radius 3 is 2.29 bits per heavy atom. The summed E-state index contributed by atoms with van der Waals surface area (Å²) in [6.07, 6.45) is 1.25. The van der Waals surface area contributed by atoms with Crippen molar-refractivity contribution in [3.8, 4) is 22.5 Å². The zero-order valence-corrected chi connectivity index (χ0v) is 21.4. The molecule has 6 rings (SSSR count). The van der Waals surface area contributed by atoms with Crippen LogP contribution in [0.2, 0.25) is 0 Å². The van der Waals surface area contributed by atoms with E-state index >= 15 is 0 Å². The summed E-state index contributed by atoms with van der Waals surface area (Å²) in [4.78, 5) is 26.0. The molecule has 1 aromatic heterocycles. The molecule has 0 radical (unpaired) electrons. The number of carbonyl (C=O) groups is 1. The Morgan fingerprint density at radius 1 is 0.842 bits per heavy atom. The lowest BCUT2D eigenvalue weighted by molar-refractivity contribution is -0.142. The average molecular weight is 509 g/mol. The fourth-order valence-electron chi connectivity index (χ4n) is 5.51. The molecule has 0 amide bonds. The summed E-state index contributed by atoms with van der Waals surface area (Å²) in [6, 6.07) is 25.2. The minimum absolute atomic E-state index is 0.280. The Hall–Kier alpha value is -3.81. The highest BCUT2D eigenvalue weighted by Gasteiger charge is 2.26. The zero-order chi connectivity index (χ0) is 25.9. The number of aromatic nitrogens is 2. The van der Waals surface area contributed by atoms with Crippen molar-refractivity contribution < 1.29 is 14.6 Å². The molecule has 2 aliphatic rings. The van der Waals surface area contributed by atoms with Gasteiger partial charge in [-0.25, -0.2) is 9.97 Å². The molecule has 0 unspecified atom stereocenters. The van der Waals surface area contributed by atoms with Crippen molar-refractivity contribution in [1.82, 2.24) is 14.9 Å². The molecule has 1 N–H and O–H groups in total. The first-order valence-electron chi connectivity index (χ1n) is 13.4. The van der Waals surface area contributed by atoms with Crippen LogP contribution in [0.25, 0.3) is 33.4 Å². The molecular weight excluding hydrogens is 476 g/mol. The van der Waals surface area contributed by atoms with E-state index < -0.39 is 5.97 Å². The van der Waals surface area contributed by atoms with Gasteiger partial charge in [0.1, 0.15) is 5.82 Å². The fourth-order valence-corrected chi connectivity index (χ4v) is 5.51. The zero-order valence-electron chi connectivity index (χ0n) is 21.4. The highest BCUT2D eigenvalue weighted by atomic mass is 16.5. The van der Waals surface area contributed by atoms with Crippen LogP contribution in [0, 0.1) is 5.92 Å². The maximum atomic E-state index is 11.4. The topological polar surface area (TPSA) is 78.8 Å². The van der Waals surface area contributed by atoms with Crippen LogP contribution in [-0.2, 0) is 16.1 Å². The molecule has 38 heavy (non-hydrogen) atoms. The molecule has 0 aliphatic carbocycles. The summed E-state index contributed by atoms with van der Waals surface area (Å²) >= 11 is 0. The molecule has 194 valence electrons. The third kappa shape index (κ3) is 5.12. The molecule has 0 bridgehead atoms. The number of morpholine rings is 1. The molecule has 0 spiro atoms. The lowest BCUT2D eigenvalue weighted by atomic mass is 9.97. The second-order valence-corrected chi connectivity index (χ2v) is 10.1. The number of fused-ring (bicyclic) bond motifs is 1. The van der Waals surface area contributed by atoms with E-state index in [4.69, 9.17) is 14.7 Å². The predicted octanol–water partition coefficient (Wildman–Crippen LogP) is 5.10. The first-order valence-corrected chi connectivity index (χ1v) is 13.4. The van der Waals surface area contributed by atoms with E-state index in [0.29, 0.717) is 31.8 Å². The van der Waals surface area contributed by atoms with E-state index in [0.717, 1.165) is 55.1 Å². The van der Waals surface area contributed by atoms with Crippen molar-refractivity contribution >= 4 is 22.7 Å². The van der Waals surface area contributed by atoms with Gasteiger partial charge in [-0.05, 0) is 41.7 Å². The molecule has 3 heterocycles. The van der Waals surface area contributed by atoms with Crippen LogP contribution in [0.3, 0.4) is 0 Å². The maximum Gasteiger partial charge on any atom is 0.306 e. The lowest BCUT2D eigenvalue weighted by Gasteiger charge is -2.31. The summed E-state index contributed by atoms with van der Waals surface area (Å²) in [7, 11) is 0. The van der Waals surface area contributed by atoms with Crippen molar-refractivity contribution in [2.45, 2.75) is 19.4 Å². The number of aliphatic carboxylic acids is 1. The molecule has 2 fully saturated rings. The van der Waals surface area contributed by atoms with Gasteiger partial charge in [-0.3, -0.25) is 9.69 Å². The largest absolute Gasteiger partial charge is 0.481 e. The summed E-state index contributed by atoms with van der Waals surface area (Å²) in [5, 5.41) is 10.4. The Balaban J connectivity index is 1.29. The van der Waals surface area contributed by atoms with Gasteiger partial charge in [0.2, 0.25) is 0 Å². The van der Waals surface area contributed by atoms with Crippen LogP contribution in [-0.4, -0.2) is 65.3 Å². The van der Waals surface area contributed by atoms with E-state index in [1.807, 2.05) is 24.3 Å². The summed E-state index contributed by atoms with van der Waals surface area (Å²) in [5.74, 6) is 0.587. The number of carboxylic acid groups (broad SMARTS) is 1. The van der Waals surface area contributed by atoms with Crippen molar-refractivity contribution in [2.75, 3.05) is 44.3 Å². The quantitative estimate of drug-likeness (QED) is 0.388. The smallest absolute Gasteiger partial charge is 0.306 e. The normalized spacial score (nSPS) is 17.1. The number of ether oxygens (including phenoxy) is 1. The molecule has 2 saturated heterocycles. The van der Waals surface area contributed by atoms with Crippen LogP contribution in [0.15, 0.2) is 72.8 Å². The van der Waals surface area contributed by atoms with Crippen molar-refractivity contribution in [1.29, 1.82) is 0 Å². The van der Waals surface area contributed by atoms with Crippen molar-refractivity contribution in [3.05, 3.63) is 78.4 Å². The van der Waals surface area contributed by atoms with E-state index in [2.05, 4.69) is 58.3 Å². The van der Waals surface area contributed by atoms with E-state index in [-0.39, 0.29) is 5.92 Å². The van der Waals surface area contributed by atoms with Gasteiger partial charge >= 0.3 is 5.97 Å². The molecule has 7 heteroatoms. The number of hydrogen-bond donors (Lipinski definition) is 1. The van der Waals surface area contributed by atoms with Gasteiger partial charge in [0.15, 0.2) is 5.82 Å². The molecular formula is C31H32N4O3. The second-order valence-electron chi connectivity index (χ2n) is 10.1. The van der Waals surface area contributed by atoms with Crippen LogP contribution < -0.4 is 4.90 Å². The average Bonchev–Trinajstić information content (AvgIpc) is 2.97. The molecule has 0 atom stereocenters. The highest BCUT2D eigenvalue weighted by Crippen LogP contribution is 2.32. The van der Waals surface area contributed by atoms with Gasteiger partial charge in [0.25, 0.3) is 0 Å². The number of para-hydroxylation sites is 1. The Bertz CT molecular complexity index is 1430. The number of benzene rings is 3. The van der Waals surface area contributed by atoms with E-state index in [1.165, 1.54) is 16.7 Å². The monoisotopic (exact) mass is 508 g/mol. The van der Waals surface area contributed by atoms with Crippen LogP contribution >= 0.6 is 0 Å². The summed E-state index contributed by atoms with van der Waals surface area (Å²) in [5.41, 5.74) is 5.59. The third-order valence-corrected chi connectivity index (χ3v) is 7.70. The van der Waals surface area contributed by atoms with Crippen molar-refractivity contribution in [3.63, 3.8) is 0 Å². The Kier molecular flexibility index (Phi) is 7.03. The minimum atomic E-state index is -0.704. The van der Waals surface area contributed by atoms with Gasteiger partial charge < -0.3 is 14.7 Å². The number of anilines is 1. The van der Waals surface area contributed by atoms with Crippen LogP contribution in [0.5, 0.6) is 0 Å². The predicted molar refractivity (Wildman–Crippen MR) is 149 cm³/mol. The molecule has 0 saturated carbocycles. The van der Waals surface area contributed by atoms with E-state index in [1.54, 1.807) is 0 Å². The fraction of sp³-hybridized carbons (Fsp3) is 0.323. The summed E-state index contributed by atoms with van der Waals surface area (Å²) in [6.45, 7) is 5.78. The Labute approximate surface area is 222 Å². The van der Waals surface area contributed by atoms with Crippen LogP contribution in [0.4, 0.5) is 5.82 Å². The molecule has 4 aromatic rings. The number of nitrogens with zero attached hydrogens (tertiary/aromatic N) is 4. The standard InChI is InChI=1S/C31H32N4O3/c36-31(37)24-13-15-35(16-14-24)30-27-7-3-4-8-28(27)32-29(33-30)23-11-9-22(10-12-23)26-6-2-1-5-25(26)21-34-17-19-38-20-18-34/h1-12,24H,13-21H2,(H,36,37). The minimum Gasteiger partial charge on any atom is -0.481 e. The number of piperidine rings is 1. The van der Waals surface area contributed by atoms with Crippen molar-refractivity contribution in [2.24, 2.45) is 5.92 Å². The molecule has 7 nitrogen and oxygen atoms in total. The van der Waals surface area contributed by atoms with E-state index in [9.17, 15) is 9.90 Å². The molecule has 3 aromatic carbocycles. The SMILES string of the molecule is O=C(O)C1CCN(c2nc(-c3ccc(-c4ccccc4CN4CCOCC4)cc3)nc3ccccc23)CC1. The van der Waals surface area contributed by atoms with Gasteiger partial charge in [-0.2, -0.15) is 0 Å². The van der Waals surface area contributed by atoms with Gasteiger partial charge in [-0.1, -0.05) is 60.7 Å².